The lowest BCUT2D eigenvalue weighted by atomic mass is 10.1. The van der Waals surface area contributed by atoms with E-state index in [0.717, 1.165) is 16.8 Å². The standard InChI is InChI=1S/C22H27N5O4/c1-15-4-9-20(16(2)14-15)23-22(29)24-21(28)17(3)25-10-12-26(13-11-25)18-5-7-19(8-6-18)27(30)31/h4-9,14,17H,10-13H2,1-3H3,(H2,23,24,28,29). The molecule has 1 heterocycles. The van der Waals surface area contributed by atoms with Gasteiger partial charge in [-0.3, -0.25) is 25.1 Å². The Labute approximate surface area is 181 Å². The van der Waals surface area contributed by atoms with Crippen molar-refractivity contribution in [2.45, 2.75) is 26.8 Å². The summed E-state index contributed by atoms with van der Waals surface area (Å²) in [5.74, 6) is -0.356. The molecule has 1 atom stereocenters. The summed E-state index contributed by atoms with van der Waals surface area (Å²) in [5, 5.41) is 15.9. The summed E-state index contributed by atoms with van der Waals surface area (Å²) in [4.78, 5) is 39.3. The van der Waals surface area contributed by atoms with Gasteiger partial charge < -0.3 is 10.2 Å². The molecule has 0 radical (unpaired) electrons. The zero-order valence-electron chi connectivity index (χ0n) is 17.9. The number of nitro groups is 1. The van der Waals surface area contributed by atoms with Crippen molar-refractivity contribution in [3.8, 4) is 0 Å². The van der Waals surface area contributed by atoms with E-state index < -0.39 is 17.0 Å². The zero-order chi connectivity index (χ0) is 22.5. The van der Waals surface area contributed by atoms with E-state index in [2.05, 4.69) is 15.5 Å². The van der Waals surface area contributed by atoms with Crippen molar-refractivity contribution in [1.82, 2.24) is 10.2 Å². The molecule has 2 N–H and O–H groups in total. The van der Waals surface area contributed by atoms with Crippen molar-refractivity contribution < 1.29 is 14.5 Å². The van der Waals surface area contributed by atoms with Crippen molar-refractivity contribution in [3.05, 3.63) is 63.7 Å². The molecule has 1 unspecified atom stereocenters. The predicted octanol–water partition coefficient (Wildman–Crippen LogP) is 3.07. The number of anilines is 2. The number of carbonyl (C=O) groups is 2. The minimum Gasteiger partial charge on any atom is -0.369 e. The molecule has 31 heavy (non-hydrogen) atoms. The predicted molar refractivity (Wildman–Crippen MR) is 119 cm³/mol. The highest BCUT2D eigenvalue weighted by molar-refractivity contribution is 6.03. The summed E-state index contributed by atoms with van der Waals surface area (Å²) in [6, 6.07) is 11.1. The number of nitrogens with zero attached hydrogens (tertiary/aromatic N) is 3. The van der Waals surface area contributed by atoms with Crippen LogP contribution in [-0.2, 0) is 4.79 Å². The van der Waals surface area contributed by atoms with Crippen LogP contribution in [0.5, 0.6) is 0 Å². The molecule has 2 aromatic carbocycles. The minimum absolute atomic E-state index is 0.0618. The van der Waals surface area contributed by atoms with Gasteiger partial charge in [-0.2, -0.15) is 0 Å². The third-order valence-electron chi connectivity index (χ3n) is 5.53. The molecule has 0 aliphatic carbocycles. The Hall–Kier alpha value is -3.46. The average Bonchev–Trinajstić information content (AvgIpc) is 2.75. The Bertz CT molecular complexity index is 968. The molecule has 1 aliphatic heterocycles. The van der Waals surface area contributed by atoms with E-state index in [1.54, 1.807) is 19.1 Å². The number of aryl methyl sites for hydroxylation is 2. The largest absolute Gasteiger partial charge is 0.369 e. The number of nitro benzene ring substituents is 1. The second-order valence-corrected chi connectivity index (χ2v) is 7.73. The SMILES string of the molecule is Cc1ccc(NC(=O)NC(=O)C(C)N2CCN(c3ccc([N+](=O)[O-])cc3)CC2)c(C)c1. The van der Waals surface area contributed by atoms with E-state index in [1.165, 1.54) is 12.1 Å². The Morgan fingerprint density at radius 2 is 1.68 bits per heavy atom. The first-order valence-corrected chi connectivity index (χ1v) is 10.2. The van der Waals surface area contributed by atoms with Gasteiger partial charge in [-0.1, -0.05) is 17.7 Å². The van der Waals surface area contributed by atoms with Crippen LogP contribution in [0.4, 0.5) is 21.9 Å². The molecule has 3 amide bonds. The van der Waals surface area contributed by atoms with Gasteiger partial charge in [0, 0.05) is 49.7 Å². The smallest absolute Gasteiger partial charge is 0.325 e. The first-order chi connectivity index (χ1) is 14.7. The van der Waals surface area contributed by atoms with Crippen LogP contribution in [0.3, 0.4) is 0 Å². The van der Waals surface area contributed by atoms with E-state index in [4.69, 9.17) is 0 Å². The topological polar surface area (TPSA) is 108 Å². The van der Waals surface area contributed by atoms with Gasteiger partial charge in [0.05, 0.1) is 11.0 Å². The molecule has 164 valence electrons. The number of non-ortho nitro benzene ring substituents is 1. The molecule has 1 fully saturated rings. The number of benzene rings is 2. The van der Waals surface area contributed by atoms with Gasteiger partial charge in [-0.25, -0.2) is 4.79 Å². The monoisotopic (exact) mass is 425 g/mol. The molecule has 9 heteroatoms. The Morgan fingerprint density at radius 3 is 2.26 bits per heavy atom. The fourth-order valence-corrected chi connectivity index (χ4v) is 3.64. The summed E-state index contributed by atoms with van der Waals surface area (Å²) in [7, 11) is 0. The first kappa shape index (κ1) is 22.2. The van der Waals surface area contributed by atoms with Gasteiger partial charge in [-0.05, 0) is 44.5 Å². The summed E-state index contributed by atoms with van der Waals surface area (Å²) in [6.07, 6.45) is 0. The van der Waals surface area contributed by atoms with Crippen LogP contribution in [-0.4, -0.2) is 54.0 Å². The van der Waals surface area contributed by atoms with E-state index in [0.29, 0.717) is 31.9 Å². The number of hydrogen-bond donors (Lipinski definition) is 2. The van der Waals surface area contributed by atoms with Crippen molar-refractivity contribution in [2.75, 3.05) is 36.4 Å². The third kappa shape index (κ3) is 5.58. The second-order valence-electron chi connectivity index (χ2n) is 7.73. The van der Waals surface area contributed by atoms with Gasteiger partial charge in [0.15, 0.2) is 0 Å². The number of piperazine rings is 1. The number of rotatable bonds is 5. The Kier molecular flexibility index (Phi) is 6.86. The van der Waals surface area contributed by atoms with Crippen molar-refractivity contribution in [1.29, 1.82) is 0 Å². The van der Waals surface area contributed by atoms with Crippen LogP contribution in [0.2, 0.25) is 0 Å². The molecule has 0 spiro atoms. The molecule has 0 aromatic heterocycles. The van der Waals surface area contributed by atoms with Crippen molar-refractivity contribution in [2.24, 2.45) is 0 Å². The molecule has 0 saturated carbocycles. The number of nitrogens with one attached hydrogen (secondary N) is 2. The summed E-state index contributed by atoms with van der Waals surface area (Å²) < 4.78 is 0. The van der Waals surface area contributed by atoms with Crippen LogP contribution in [0.1, 0.15) is 18.1 Å². The molecule has 1 aliphatic rings. The average molecular weight is 425 g/mol. The number of hydrogen-bond acceptors (Lipinski definition) is 6. The highest BCUT2D eigenvalue weighted by Crippen LogP contribution is 2.21. The van der Waals surface area contributed by atoms with E-state index in [9.17, 15) is 19.7 Å². The lowest BCUT2D eigenvalue weighted by Gasteiger charge is -2.38. The number of carbonyl (C=O) groups excluding carboxylic acids is 2. The maximum Gasteiger partial charge on any atom is 0.325 e. The molecule has 2 aromatic rings. The lowest BCUT2D eigenvalue weighted by molar-refractivity contribution is -0.384. The fourth-order valence-electron chi connectivity index (χ4n) is 3.64. The second kappa shape index (κ2) is 9.57. The van der Waals surface area contributed by atoms with Gasteiger partial charge in [0.2, 0.25) is 5.91 Å². The van der Waals surface area contributed by atoms with Crippen molar-refractivity contribution >= 4 is 29.0 Å². The van der Waals surface area contributed by atoms with E-state index in [1.807, 2.05) is 36.9 Å². The molecule has 3 rings (SSSR count). The number of imide groups is 1. The Balaban J connectivity index is 1.50. The van der Waals surface area contributed by atoms with Gasteiger partial charge >= 0.3 is 6.03 Å². The summed E-state index contributed by atoms with van der Waals surface area (Å²) in [6.45, 7) is 8.31. The molecular weight excluding hydrogens is 398 g/mol. The number of amides is 3. The van der Waals surface area contributed by atoms with Crippen LogP contribution in [0, 0.1) is 24.0 Å². The van der Waals surface area contributed by atoms with Gasteiger partial charge in [0.1, 0.15) is 0 Å². The maximum atomic E-state index is 12.5. The van der Waals surface area contributed by atoms with E-state index in [-0.39, 0.29) is 11.6 Å². The highest BCUT2D eigenvalue weighted by Gasteiger charge is 2.27. The lowest BCUT2D eigenvalue weighted by Crippen LogP contribution is -2.55. The van der Waals surface area contributed by atoms with E-state index >= 15 is 0 Å². The zero-order valence-corrected chi connectivity index (χ0v) is 17.9. The first-order valence-electron chi connectivity index (χ1n) is 10.2. The molecule has 1 saturated heterocycles. The quantitative estimate of drug-likeness (QED) is 0.563. The van der Waals surface area contributed by atoms with Gasteiger partial charge in [0.25, 0.3) is 5.69 Å². The highest BCUT2D eigenvalue weighted by atomic mass is 16.6. The van der Waals surface area contributed by atoms with Crippen LogP contribution in [0.25, 0.3) is 0 Å². The minimum atomic E-state index is -0.548. The van der Waals surface area contributed by atoms with Crippen LogP contribution < -0.4 is 15.5 Å². The van der Waals surface area contributed by atoms with Crippen molar-refractivity contribution in [3.63, 3.8) is 0 Å². The summed E-state index contributed by atoms with van der Waals surface area (Å²) >= 11 is 0. The molecule has 9 nitrogen and oxygen atoms in total. The maximum absolute atomic E-state index is 12.5. The molecule has 0 bridgehead atoms. The Morgan fingerprint density at radius 1 is 1.03 bits per heavy atom. The normalized spacial score (nSPS) is 15.3. The summed E-state index contributed by atoms with van der Waals surface area (Å²) in [5.41, 5.74) is 3.67. The third-order valence-corrected chi connectivity index (χ3v) is 5.53. The molecular formula is C22H27N5O4. The van der Waals surface area contributed by atoms with Gasteiger partial charge in [-0.15, -0.1) is 0 Å². The van der Waals surface area contributed by atoms with Crippen LogP contribution in [0.15, 0.2) is 42.5 Å². The fraction of sp³-hybridized carbons (Fsp3) is 0.364. The van der Waals surface area contributed by atoms with Crippen LogP contribution >= 0.6 is 0 Å². The number of urea groups is 1.